The van der Waals surface area contributed by atoms with Crippen LogP contribution in [0.2, 0.25) is 0 Å². The fourth-order valence-electron chi connectivity index (χ4n) is 3.38. The molecule has 28 heavy (non-hydrogen) atoms. The van der Waals surface area contributed by atoms with E-state index in [1.54, 1.807) is 7.11 Å². The minimum Gasteiger partial charge on any atom is -0.497 e. The van der Waals surface area contributed by atoms with Crippen LogP contribution in [0.3, 0.4) is 0 Å². The number of methoxy groups -OCH3 is 1. The van der Waals surface area contributed by atoms with Crippen LogP contribution >= 0.6 is 11.8 Å². The number of hydrogen-bond acceptors (Lipinski definition) is 6. The Morgan fingerprint density at radius 2 is 1.86 bits per heavy atom. The highest BCUT2D eigenvalue weighted by molar-refractivity contribution is 7.99. The van der Waals surface area contributed by atoms with Crippen LogP contribution in [0.1, 0.15) is 33.7 Å². The minimum absolute atomic E-state index is 0.0682. The van der Waals surface area contributed by atoms with E-state index in [1.807, 2.05) is 43.0 Å². The lowest BCUT2D eigenvalue weighted by Gasteiger charge is -2.35. The van der Waals surface area contributed by atoms with Gasteiger partial charge in [0.2, 0.25) is 5.91 Å². The van der Waals surface area contributed by atoms with Gasteiger partial charge in [-0.2, -0.15) is 0 Å². The molecule has 0 bridgehead atoms. The van der Waals surface area contributed by atoms with Gasteiger partial charge in [0, 0.05) is 24.7 Å². The summed E-state index contributed by atoms with van der Waals surface area (Å²) in [5, 5.41) is 9.49. The van der Waals surface area contributed by atoms with Crippen LogP contribution in [-0.4, -0.2) is 63.7 Å². The van der Waals surface area contributed by atoms with Crippen molar-refractivity contribution in [1.29, 1.82) is 0 Å². The molecule has 0 aliphatic carbocycles. The Bertz CT molecular complexity index is 796. The monoisotopic (exact) mass is 404 g/mol. The molecule has 2 heterocycles. The fraction of sp³-hybridized carbons (Fsp3) is 0.550. The summed E-state index contributed by atoms with van der Waals surface area (Å²) >= 11 is 1.44. The summed E-state index contributed by atoms with van der Waals surface area (Å²) in [6, 6.07) is 7.93. The quantitative estimate of drug-likeness (QED) is 0.689. The number of aromatic nitrogens is 3. The number of carbonyl (C=O) groups excluding carboxylic acids is 1. The molecule has 1 aromatic heterocycles. The number of nitrogens with zero attached hydrogens (tertiary/aromatic N) is 4. The van der Waals surface area contributed by atoms with Crippen molar-refractivity contribution >= 4 is 17.7 Å². The van der Waals surface area contributed by atoms with Crippen LogP contribution in [0, 0.1) is 0 Å². The summed E-state index contributed by atoms with van der Waals surface area (Å²) in [6.45, 7) is 9.45. The molecule has 3 rings (SSSR count). The zero-order valence-electron chi connectivity index (χ0n) is 17.1. The van der Waals surface area contributed by atoms with E-state index in [0.29, 0.717) is 18.8 Å². The average molecular weight is 405 g/mol. The Balaban J connectivity index is 1.73. The van der Waals surface area contributed by atoms with Crippen LogP contribution in [0.25, 0.3) is 11.4 Å². The number of ether oxygens (including phenoxy) is 2. The van der Waals surface area contributed by atoms with E-state index in [9.17, 15) is 4.79 Å². The lowest BCUT2D eigenvalue weighted by molar-refractivity contribution is -0.140. The predicted octanol–water partition coefficient (Wildman–Crippen LogP) is 3.26. The second-order valence-electron chi connectivity index (χ2n) is 7.34. The Labute approximate surface area is 170 Å². The number of thioether (sulfide) groups is 1. The van der Waals surface area contributed by atoms with Gasteiger partial charge in [-0.05, 0) is 52.0 Å². The van der Waals surface area contributed by atoms with Gasteiger partial charge in [-0.15, -0.1) is 10.2 Å². The van der Waals surface area contributed by atoms with Gasteiger partial charge in [-0.1, -0.05) is 11.8 Å². The van der Waals surface area contributed by atoms with Gasteiger partial charge in [0.1, 0.15) is 5.75 Å². The van der Waals surface area contributed by atoms with Crippen molar-refractivity contribution < 1.29 is 14.3 Å². The zero-order chi connectivity index (χ0) is 20.3. The Morgan fingerprint density at radius 3 is 2.43 bits per heavy atom. The summed E-state index contributed by atoms with van der Waals surface area (Å²) in [5.74, 6) is 2.04. The number of rotatable bonds is 6. The van der Waals surface area contributed by atoms with Crippen molar-refractivity contribution in [2.24, 2.45) is 0 Å². The SMILES string of the molecule is COc1ccc(-c2nnc(SCC(=O)N3C[C@H](C)O[C@@H](C)C3)n2C(C)C)cc1. The van der Waals surface area contributed by atoms with Crippen molar-refractivity contribution in [2.45, 2.75) is 51.1 Å². The highest BCUT2D eigenvalue weighted by atomic mass is 32.2. The van der Waals surface area contributed by atoms with Gasteiger partial charge in [0.05, 0.1) is 25.1 Å². The Morgan fingerprint density at radius 1 is 1.21 bits per heavy atom. The number of carbonyl (C=O) groups is 1. The first-order chi connectivity index (χ1) is 13.4. The summed E-state index contributed by atoms with van der Waals surface area (Å²) < 4.78 is 13.0. The lowest BCUT2D eigenvalue weighted by Crippen LogP contribution is -2.48. The van der Waals surface area contributed by atoms with Gasteiger partial charge < -0.3 is 14.4 Å². The highest BCUT2D eigenvalue weighted by Gasteiger charge is 2.26. The van der Waals surface area contributed by atoms with Gasteiger partial charge >= 0.3 is 0 Å². The average Bonchev–Trinajstić information content (AvgIpc) is 3.09. The molecule has 1 saturated heterocycles. The molecule has 152 valence electrons. The molecule has 0 N–H and O–H groups in total. The molecule has 0 radical (unpaired) electrons. The molecule has 1 amide bonds. The van der Waals surface area contributed by atoms with E-state index in [0.717, 1.165) is 22.3 Å². The largest absolute Gasteiger partial charge is 0.497 e. The van der Waals surface area contributed by atoms with Crippen molar-refractivity contribution in [3.8, 4) is 17.1 Å². The molecule has 2 atom stereocenters. The van der Waals surface area contributed by atoms with E-state index in [1.165, 1.54) is 11.8 Å². The predicted molar refractivity (Wildman–Crippen MR) is 110 cm³/mol. The first-order valence-corrected chi connectivity index (χ1v) is 10.5. The van der Waals surface area contributed by atoms with Crippen LogP contribution < -0.4 is 4.74 Å². The maximum absolute atomic E-state index is 12.7. The summed E-state index contributed by atoms with van der Waals surface area (Å²) in [4.78, 5) is 14.6. The Kier molecular flexibility index (Phi) is 6.61. The van der Waals surface area contributed by atoms with Crippen molar-refractivity contribution in [1.82, 2.24) is 19.7 Å². The molecular weight excluding hydrogens is 376 g/mol. The first-order valence-electron chi connectivity index (χ1n) is 9.54. The minimum atomic E-state index is 0.0682. The second kappa shape index (κ2) is 8.96. The van der Waals surface area contributed by atoms with Crippen LogP contribution in [0.4, 0.5) is 0 Å². The van der Waals surface area contributed by atoms with E-state index < -0.39 is 0 Å². The molecule has 8 heteroatoms. The third-order valence-electron chi connectivity index (χ3n) is 4.63. The number of benzene rings is 1. The molecule has 0 spiro atoms. The lowest BCUT2D eigenvalue weighted by atomic mass is 10.2. The number of hydrogen-bond donors (Lipinski definition) is 0. The zero-order valence-corrected chi connectivity index (χ0v) is 17.9. The number of amides is 1. The molecule has 7 nitrogen and oxygen atoms in total. The highest BCUT2D eigenvalue weighted by Crippen LogP contribution is 2.29. The standard InChI is InChI=1S/C20H28N4O3S/c1-13(2)24-19(16-6-8-17(26-5)9-7-16)21-22-20(24)28-12-18(25)23-10-14(3)27-15(4)11-23/h6-9,13-15H,10-12H2,1-5H3/t14-,15-/m0/s1. The van der Waals surface area contributed by atoms with Gasteiger partial charge in [0.15, 0.2) is 11.0 Å². The number of morpholine rings is 1. The van der Waals surface area contributed by atoms with E-state index in [-0.39, 0.29) is 24.2 Å². The third-order valence-corrected chi connectivity index (χ3v) is 5.55. The van der Waals surface area contributed by atoms with E-state index in [4.69, 9.17) is 9.47 Å². The van der Waals surface area contributed by atoms with Crippen molar-refractivity contribution in [3.63, 3.8) is 0 Å². The summed E-state index contributed by atoms with van der Waals surface area (Å²) in [7, 11) is 1.65. The summed E-state index contributed by atoms with van der Waals surface area (Å²) in [6.07, 6.45) is 0.136. The van der Waals surface area contributed by atoms with Crippen LogP contribution in [-0.2, 0) is 9.53 Å². The van der Waals surface area contributed by atoms with Gasteiger partial charge in [0.25, 0.3) is 0 Å². The van der Waals surface area contributed by atoms with Gasteiger partial charge in [-0.25, -0.2) is 0 Å². The van der Waals surface area contributed by atoms with Crippen LogP contribution in [0.15, 0.2) is 29.4 Å². The second-order valence-corrected chi connectivity index (χ2v) is 8.29. The molecule has 0 saturated carbocycles. The topological polar surface area (TPSA) is 69.5 Å². The maximum Gasteiger partial charge on any atom is 0.233 e. The molecular formula is C20H28N4O3S. The van der Waals surface area contributed by atoms with Gasteiger partial charge in [-0.3, -0.25) is 9.36 Å². The van der Waals surface area contributed by atoms with E-state index in [2.05, 4.69) is 28.6 Å². The smallest absolute Gasteiger partial charge is 0.233 e. The van der Waals surface area contributed by atoms with Crippen molar-refractivity contribution in [3.05, 3.63) is 24.3 Å². The van der Waals surface area contributed by atoms with Crippen molar-refractivity contribution in [2.75, 3.05) is 26.0 Å². The molecule has 1 aliphatic rings. The van der Waals surface area contributed by atoms with E-state index >= 15 is 0 Å². The molecule has 1 aliphatic heterocycles. The fourth-order valence-corrected chi connectivity index (χ4v) is 4.35. The maximum atomic E-state index is 12.7. The first kappa shape index (κ1) is 20.7. The molecule has 1 aromatic carbocycles. The Hall–Kier alpha value is -2.06. The third kappa shape index (κ3) is 4.67. The normalized spacial score (nSPS) is 19.9. The van der Waals surface area contributed by atoms with Crippen LogP contribution in [0.5, 0.6) is 5.75 Å². The molecule has 0 unspecified atom stereocenters. The summed E-state index contributed by atoms with van der Waals surface area (Å²) in [5.41, 5.74) is 0.969. The molecule has 1 fully saturated rings. The molecule has 2 aromatic rings.